The van der Waals surface area contributed by atoms with Gasteiger partial charge in [-0.1, -0.05) is 0 Å². The fourth-order valence-electron chi connectivity index (χ4n) is 0.0763. The Kier molecular flexibility index (Phi) is 17.2. The minimum absolute atomic E-state index is 0. The summed E-state index contributed by atoms with van der Waals surface area (Å²) in [5.74, 6) is -1.04. The van der Waals surface area contributed by atoms with Crippen LogP contribution in [0.5, 0.6) is 0 Å². The predicted molar refractivity (Wildman–Crippen MR) is 26.2 cm³/mol. The Morgan fingerprint density at radius 3 is 2.00 bits per heavy atom. The van der Waals surface area contributed by atoms with E-state index in [0.717, 1.165) is 0 Å². The first-order valence-corrected chi connectivity index (χ1v) is 1.72. The van der Waals surface area contributed by atoms with Gasteiger partial charge in [-0.25, -0.2) is 4.79 Å². The van der Waals surface area contributed by atoms with Gasteiger partial charge in [0.15, 0.2) is 6.10 Å². The molecule has 0 rings (SSSR count). The molecule has 0 fully saturated rings. The summed E-state index contributed by atoms with van der Waals surface area (Å²) in [4.78, 5) is 12.9. The molecule has 0 bridgehead atoms. The van der Waals surface area contributed by atoms with Crippen LogP contribution in [-0.4, -0.2) is 52.0 Å². The Morgan fingerprint density at radius 2 is 2.00 bits per heavy atom. The molecule has 0 aliphatic carbocycles. The van der Waals surface area contributed by atoms with Crippen molar-refractivity contribution in [1.82, 2.24) is 0 Å². The molecule has 0 amide bonds. The molecule has 0 spiro atoms. The molecule has 0 aromatic carbocycles. The summed E-state index contributed by atoms with van der Waals surface area (Å²) in [6.45, 7) is 1.19. The fraction of sp³-hybridized carbons (Fsp3) is 0.667. The van der Waals surface area contributed by atoms with Crippen LogP contribution in [-0.2, 0) is 35.9 Å². The second-order valence-corrected chi connectivity index (χ2v) is 1.09. The number of aliphatic hydroxyl groups excluding tert-OH is 1. The van der Waals surface area contributed by atoms with Crippen LogP contribution in [0, 0.1) is 0 Å². The maximum absolute atomic E-state index is 9.79. The number of carbonyl (C=O) groups is 1. The molecule has 47 valence electrons. The molecule has 2 N–H and O–H groups in total. The molecule has 1 atom stereocenters. The van der Waals surface area contributed by atoms with Crippen molar-refractivity contribution < 1.29 is 46.2 Å². The molecule has 0 aliphatic rings. The van der Waals surface area contributed by atoms with Crippen molar-refractivity contribution in [3.05, 3.63) is 0 Å². The van der Waals surface area contributed by atoms with Crippen molar-refractivity contribution in [3.8, 4) is 0 Å². The zero-order valence-corrected chi connectivity index (χ0v) is 9.75. The summed E-state index contributed by atoms with van der Waals surface area (Å²) >= 11 is 0. The van der Waals surface area contributed by atoms with E-state index >= 15 is 0 Å². The third-order valence-electron chi connectivity index (χ3n) is 0.431. The maximum Gasteiger partial charge on any atom is 0.369 e. The summed E-state index contributed by atoms with van der Waals surface area (Å²) in [5, 5.41) is 15.7. The largest absolute Gasteiger partial charge is 0.382 e. The molecule has 0 saturated carbocycles. The predicted octanol–water partition coefficient (Wildman–Crippen LogP) is -1.000. The third-order valence-corrected chi connectivity index (χ3v) is 0.431. The normalized spacial score (nSPS) is 10.1. The van der Waals surface area contributed by atoms with Crippen LogP contribution in [0.15, 0.2) is 0 Å². The third kappa shape index (κ3) is 9.27. The van der Waals surface area contributed by atoms with Gasteiger partial charge in [0, 0.05) is 55.8 Å². The Morgan fingerprint density at radius 1 is 1.67 bits per heavy atom. The van der Waals surface area contributed by atoms with Gasteiger partial charge in [-0.15, -0.1) is 0 Å². The Bertz CT molecular complexity index is 76.2. The Hall–Kier alpha value is 1.27. The zero-order chi connectivity index (χ0) is 5.86. The molecule has 0 aliphatic heterocycles. The first-order chi connectivity index (χ1) is 3.18. The summed E-state index contributed by atoms with van der Waals surface area (Å²) in [7, 11) is 0. The van der Waals surface area contributed by atoms with Gasteiger partial charge in [0.2, 0.25) is 0 Å². The van der Waals surface area contributed by atoms with Crippen molar-refractivity contribution in [2.24, 2.45) is 0 Å². The number of hydrogen-bond acceptors (Lipinski definition) is 4. The summed E-state index contributed by atoms with van der Waals surface area (Å²) in [6.07, 6.45) is -1.25. The monoisotopic (exact) mass is 219 g/mol. The molecule has 0 aromatic heterocycles. The summed E-state index contributed by atoms with van der Waals surface area (Å²) in [6, 6.07) is 0. The van der Waals surface area contributed by atoms with Crippen LogP contribution in [0.2, 0.25) is 0 Å². The van der Waals surface area contributed by atoms with E-state index in [9.17, 15) is 4.79 Å². The quantitative estimate of drug-likeness (QED) is 0.338. The minimum Gasteiger partial charge on any atom is -0.382 e. The SMILES string of the molecule is CC(O)C(=O)OO.[Na].[Zr]. The van der Waals surface area contributed by atoms with Crippen molar-refractivity contribution in [3.63, 3.8) is 0 Å². The minimum atomic E-state index is -1.25. The maximum atomic E-state index is 9.79. The van der Waals surface area contributed by atoms with E-state index in [2.05, 4.69) is 4.89 Å². The summed E-state index contributed by atoms with van der Waals surface area (Å²) in [5.41, 5.74) is 0. The van der Waals surface area contributed by atoms with Crippen LogP contribution < -0.4 is 0 Å². The van der Waals surface area contributed by atoms with E-state index in [1.165, 1.54) is 6.92 Å². The van der Waals surface area contributed by atoms with Gasteiger partial charge in [-0.05, 0) is 6.92 Å². The first-order valence-electron chi connectivity index (χ1n) is 1.72. The van der Waals surface area contributed by atoms with Gasteiger partial charge in [0.25, 0.3) is 0 Å². The van der Waals surface area contributed by atoms with Crippen LogP contribution >= 0.6 is 0 Å². The zero-order valence-electron chi connectivity index (χ0n) is 5.29. The fourth-order valence-corrected chi connectivity index (χ4v) is 0.0763. The van der Waals surface area contributed by atoms with E-state index in [1.807, 2.05) is 0 Å². The molecular weight excluding hydrogens is 214 g/mol. The van der Waals surface area contributed by atoms with E-state index in [1.54, 1.807) is 0 Å². The molecular formula is C3H6NaO4Zr. The van der Waals surface area contributed by atoms with Crippen LogP contribution in [0.1, 0.15) is 6.92 Å². The molecule has 0 aromatic rings. The van der Waals surface area contributed by atoms with Crippen LogP contribution in [0.3, 0.4) is 0 Å². The van der Waals surface area contributed by atoms with Gasteiger partial charge in [-0.2, -0.15) is 5.26 Å². The molecule has 1 radical (unpaired) electrons. The van der Waals surface area contributed by atoms with Gasteiger partial charge in [0.1, 0.15) is 0 Å². The molecule has 9 heavy (non-hydrogen) atoms. The number of carbonyl (C=O) groups excluding carboxylic acids is 1. The molecule has 0 heterocycles. The number of rotatable bonds is 1. The Balaban J connectivity index is -0.000000180. The molecule has 6 heteroatoms. The van der Waals surface area contributed by atoms with Gasteiger partial charge >= 0.3 is 5.97 Å². The van der Waals surface area contributed by atoms with Crippen molar-refractivity contribution in [2.45, 2.75) is 13.0 Å². The second kappa shape index (κ2) is 9.27. The molecule has 1 unspecified atom stereocenters. The van der Waals surface area contributed by atoms with E-state index in [-0.39, 0.29) is 55.8 Å². The molecule has 4 nitrogen and oxygen atoms in total. The second-order valence-electron chi connectivity index (χ2n) is 1.09. The van der Waals surface area contributed by atoms with E-state index in [0.29, 0.717) is 0 Å². The van der Waals surface area contributed by atoms with E-state index < -0.39 is 12.1 Å². The molecule has 0 saturated heterocycles. The smallest absolute Gasteiger partial charge is 0.369 e. The number of aliphatic hydroxyl groups is 1. The topological polar surface area (TPSA) is 66.8 Å². The number of hydrogen-bond donors (Lipinski definition) is 2. The van der Waals surface area contributed by atoms with Gasteiger partial charge in [-0.3, -0.25) is 4.89 Å². The van der Waals surface area contributed by atoms with Crippen molar-refractivity contribution in [2.75, 3.05) is 0 Å². The van der Waals surface area contributed by atoms with Gasteiger partial charge in [0.05, 0.1) is 0 Å². The average molecular weight is 220 g/mol. The van der Waals surface area contributed by atoms with Crippen molar-refractivity contribution >= 4 is 35.5 Å². The average Bonchev–Trinajstić information content (AvgIpc) is 1.65. The van der Waals surface area contributed by atoms with Crippen molar-refractivity contribution in [1.29, 1.82) is 0 Å². The first kappa shape index (κ1) is 16.7. The van der Waals surface area contributed by atoms with Crippen LogP contribution in [0.4, 0.5) is 0 Å². The summed E-state index contributed by atoms with van der Waals surface area (Å²) < 4.78 is 0. The Labute approximate surface area is 93.9 Å². The van der Waals surface area contributed by atoms with Gasteiger partial charge < -0.3 is 5.11 Å². The van der Waals surface area contributed by atoms with E-state index in [4.69, 9.17) is 10.4 Å². The standard InChI is InChI=1S/C3H6O4.Na.Zr/c1-2(4)3(5)7-6;;/h2,4,6H,1H3;;. The van der Waals surface area contributed by atoms with Crippen LogP contribution in [0.25, 0.3) is 0 Å².